The molecule has 10 heavy (non-hydrogen) atoms. The first-order valence-corrected chi connectivity index (χ1v) is 3.80. The lowest BCUT2D eigenvalue weighted by Gasteiger charge is -2.26. The second-order valence-electron chi connectivity index (χ2n) is 2.94. The third-order valence-electron chi connectivity index (χ3n) is 2.27. The molecule has 1 aliphatic carbocycles. The van der Waals surface area contributed by atoms with E-state index in [-0.39, 0.29) is 12.4 Å². The highest BCUT2D eigenvalue weighted by Crippen LogP contribution is 2.21. The second-order valence-corrected chi connectivity index (χ2v) is 2.94. The van der Waals surface area contributed by atoms with Crippen LogP contribution in [-0.4, -0.2) is 12.6 Å². The number of hydrogen-bond donors (Lipinski definition) is 2. The zero-order valence-corrected chi connectivity index (χ0v) is 7.07. The summed E-state index contributed by atoms with van der Waals surface area (Å²) in [7, 11) is 0. The van der Waals surface area contributed by atoms with E-state index in [4.69, 9.17) is 11.5 Å². The average molecular weight is 165 g/mol. The molecule has 0 spiro atoms. The van der Waals surface area contributed by atoms with Crippen LogP contribution in [0.2, 0.25) is 0 Å². The quantitative estimate of drug-likeness (QED) is 0.605. The van der Waals surface area contributed by atoms with Crippen LogP contribution in [0.1, 0.15) is 25.7 Å². The first kappa shape index (κ1) is 10.2. The summed E-state index contributed by atoms with van der Waals surface area (Å²) in [4.78, 5) is 0. The van der Waals surface area contributed by atoms with E-state index in [1.54, 1.807) is 0 Å². The van der Waals surface area contributed by atoms with E-state index in [9.17, 15) is 0 Å². The molecule has 0 radical (unpaired) electrons. The van der Waals surface area contributed by atoms with Crippen LogP contribution < -0.4 is 11.5 Å². The summed E-state index contributed by atoms with van der Waals surface area (Å²) >= 11 is 0. The van der Waals surface area contributed by atoms with Crippen molar-refractivity contribution >= 4 is 12.4 Å². The molecule has 1 rings (SSSR count). The fourth-order valence-corrected chi connectivity index (χ4v) is 1.53. The highest BCUT2D eigenvalue weighted by Gasteiger charge is 2.19. The van der Waals surface area contributed by atoms with Gasteiger partial charge in [0.25, 0.3) is 0 Å². The fraction of sp³-hybridized carbons (Fsp3) is 1.00. The molecule has 1 aliphatic rings. The predicted octanol–water partition coefficient (Wildman–Crippen LogP) is 0.884. The molecule has 0 amide bonds. The molecule has 1 saturated carbocycles. The van der Waals surface area contributed by atoms with Gasteiger partial charge < -0.3 is 11.5 Å². The van der Waals surface area contributed by atoms with Crippen LogP contribution in [0.5, 0.6) is 0 Å². The van der Waals surface area contributed by atoms with Crippen molar-refractivity contribution in [1.82, 2.24) is 0 Å². The summed E-state index contributed by atoms with van der Waals surface area (Å²) in [5.41, 5.74) is 11.3. The summed E-state index contributed by atoms with van der Waals surface area (Å²) in [5.74, 6) is 0.610. The maximum absolute atomic E-state index is 5.81. The van der Waals surface area contributed by atoms with Crippen LogP contribution >= 0.6 is 12.4 Å². The highest BCUT2D eigenvalue weighted by molar-refractivity contribution is 5.85. The van der Waals surface area contributed by atoms with E-state index >= 15 is 0 Å². The van der Waals surface area contributed by atoms with Gasteiger partial charge >= 0.3 is 0 Å². The normalized spacial score (nSPS) is 33.0. The van der Waals surface area contributed by atoms with Crippen LogP contribution in [0.4, 0.5) is 0 Å². The largest absolute Gasteiger partial charge is 0.330 e. The van der Waals surface area contributed by atoms with Gasteiger partial charge in [-0.3, -0.25) is 0 Å². The summed E-state index contributed by atoms with van der Waals surface area (Å²) in [6, 6.07) is 0.392. The maximum atomic E-state index is 5.81. The molecule has 0 aliphatic heterocycles. The van der Waals surface area contributed by atoms with Crippen molar-refractivity contribution in [3.05, 3.63) is 0 Å². The number of hydrogen-bond acceptors (Lipinski definition) is 2. The number of halogens is 1. The van der Waals surface area contributed by atoms with Crippen molar-refractivity contribution < 1.29 is 0 Å². The third-order valence-corrected chi connectivity index (χ3v) is 2.27. The van der Waals surface area contributed by atoms with Gasteiger partial charge in [0.2, 0.25) is 0 Å². The molecule has 0 bridgehead atoms. The molecule has 62 valence electrons. The Morgan fingerprint density at radius 1 is 1.20 bits per heavy atom. The lowest BCUT2D eigenvalue weighted by Crippen LogP contribution is -2.37. The Morgan fingerprint density at radius 3 is 2.20 bits per heavy atom. The molecule has 0 heterocycles. The van der Waals surface area contributed by atoms with E-state index in [2.05, 4.69) is 0 Å². The third kappa shape index (κ3) is 2.45. The van der Waals surface area contributed by atoms with Crippen molar-refractivity contribution in [3.63, 3.8) is 0 Å². The zero-order chi connectivity index (χ0) is 6.69. The van der Waals surface area contributed by atoms with Crippen molar-refractivity contribution in [2.75, 3.05) is 6.54 Å². The molecule has 0 saturated heterocycles. The molecule has 0 unspecified atom stereocenters. The van der Waals surface area contributed by atoms with E-state index in [0.29, 0.717) is 12.0 Å². The summed E-state index contributed by atoms with van der Waals surface area (Å²) < 4.78 is 0. The summed E-state index contributed by atoms with van der Waals surface area (Å²) in [6.07, 6.45) is 5.06. The van der Waals surface area contributed by atoms with Gasteiger partial charge in [0.1, 0.15) is 0 Å². The van der Waals surface area contributed by atoms with Crippen molar-refractivity contribution in [2.24, 2.45) is 17.4 Å². The standard InChI is InChI=1S/C7H16N2.ClH/c8-5-6-3-1-2-4-7(6)9;/h6-7H,1-5,8-9H2;1H/t6-,7-;/m0./s1. The molecule has 0 aromatic rings. The van der Waals surface area contributed by atoms with Gasteiger partial charge in [-0.25, -0.2) is 0 Å². The van der Waals surface area contributed by atoms with Crippen LogP contribution in [0.25, 0.3) is 0 Å². The molecule has 0 aromatic carbocycles. The molecule has 0 aromatic heterocycles. The minimum Gasteiger partial charge on any atom is -0.330 e. The Bertz CT molecular complexity index is 87.7. The summed E-state index contributed by atoms with van der Waals surface area (Å²) in [6.45, 7) is 0.779. The van der Waals surface area contributed by atoms with Crippen molar-refractivity contribution in [3.8, 4) is 0 Å². The van der Waals surface area contributed by atoms with Gasteiger partial charge in [-0.15, -0.1) is 12.4 Å². The van der Waals surface area contributed by atoms with Crippen LogP contribution in [-0.2, 0) is 0 Å². The van der Waals surface area contributed by atoms with E-state index in [0.717, 1.165) is 6.54 Å². The second kappa shape index (κ2) is 4.94. The van der Waals surface area contributed by atoms with Crippen LogP contribution in [0, 0.1) is 5.92 Å². The summed E-state index contributed by atoms with van der Waals surface area (Å²) in [5, 5.41) is 0. The number of rotatable bonds is 1. The molecule has 2 atom stereocenters. The Kier molecular flexibility index (Phi) is 5.04. The minimum absolute atomic E-state index is 0. The van der Waals surface area contributed by atoms with E-state index in [1.165, 1.54) is 25.7 Å². The van der Waals surface area contributed by atoms with E-state index < -0.39 is 0 Å². The van der Waals surface area contributed by atoms with Crippen LogP contribution in [0.15, 0.2) is 0 Å². The molecule has 2 nitrogen and oxygen atoms in total. The number of nitrogens with two attached hydrogens (primary N) is 2. The topological polar surface area (TPSA) is 52.0 Å². The van der Waals surface area contributed by atoms with Crippen LogP contribution in [0.3, 0.4) is 0 Å². The first-order chi connectivity index (χ1) is 4.34. The minimum atomic E-state index is 0. The van der Waals surface area contributed by atoms with Gasteiger partial charge in [0, 0.05) is 6.04 Å². The van der Waals surface area contributed by atoms with Crippen molar-refractivity contribution in [1.29, 1.82) is 0 Å². The molecule has 1 fully saturated rings. The molecular formula is C7H17ClN2. The smallest absolute Gasteiger partial charge is 0.00792 e. The Balaban J connectivity index is 0.000000810. The van der Waals surface area contributed by atoms with Gasteiger partial charge in [-0.1, -0.05) is 12.8 Å². The highest BCUT2D eigenvalue weighted by atomic mass is 35.5. The van der Waals surface area contributed by atoms with Gasteiger partial charge in [0.15, 0.2) is 0 Å². The predicted molar refractivity (Wildman–Crippen MR) is 46.2 cm³/mol. The van der Waals surface area contributed by atoms with Gasteiger partial charge in [-0.2, -0.15) is 0 Å². The lowest BCUT2D eigenvalue weighted by atomic mass is 9.85. The lowest BCUT2D eigenvalue weighted by molar-refractivity contribution is 0.315. The monoisotopic (exact) mass is 164 g/mol. The Labute approximate surface area is 68.8 Å². The molecule has 3 heteroatoms. The SMILES string of the molecule is Cl.NC[C@@H]1CCCC[C@@H]1N. The maximum Gasteiger partial charge on any atom is 0.00792 e. The molecule has 4 N–H and O–H groups in total. The average Bonchev–Trinajstić information content (AvgIpc) is 1.89. The first-order valence-electron chi connectivity index (χ1n) is 3.80. The zero-order valence-electron chi connectivity index (χ0n) is 6.25. The van der Waals surface area contributed by atoms with Gasteiger partial charge in [0.05, 0.1) is 0 Å². The Morgan fingerprint density at radius 2 is 1.80 bits per heavy atom. The Hall–Kier alpha value is 0.210. The van der Waals surface area contributed by atoms with E-state index in [1.807, 2.05) is 0 Å². The molecular weight excluding hydrogens is 148 g/mol. The van der Waals surface area contributed by atoms with Gasteiger partial charge in [-0.05, 0) is 25.3 Å². The fourth-order valence-electron chi connectivity index (χ4n) is 1.53. The van der Waals surface area contributed by atoms with Crippen molar-refractivity contribution in [2.45, 2.75) is 31.7 Å².